The Bertz CT molecular complexity index is 451. The van der Waals surface area contributed by atoms with Crippen LogP contribution in [0.25, 0.3) is 6.08 Å². The third-order valence-electron chi connectivity index (χ3n) is 1.83. The van der Waals surface area contributed by atoms with Gasteiger partial charge in [0.15, 0.2) is 0 Å². The standard InChI is InChI=1S/C10H7NO2S2/c12-7-3-1-6(2-4-7)5-8-9(13)11-10(14)15-8/h1-5,12H,(H,11,13,14). The number of thioether (sulfide) groups is 1. The van der Waals surface area contributed by atoms with Gasteiger partial charge in [-0.25, -0.2) is 0 Å². The molecule has 1 heterocycles. The van der Waals surface area contributed by atoms with E-state index in [1.165, 1.54) is 11.8 Å². The summed E-state index contributed by atoms with van der Waals surface area (Å²) in [6.45, 7) is 0. The van der Waals surface area contributed by atoms with Crippen LogP contribution in [0, 0.1) is 0 Å². The molecule has 0 spiro atoms. The number of rotatable bonds is 1. The second-order valence-electron chi connectivity index (χ2n) is 2.94. The maximum atomic E-state index is 11.3. The van der Waals surface area contributed by atoms with E-state index in [0.29, 0.717) is 9.23 Å². The second-order valence-corrected chi connectivity index (χ2v) is 4.66. The van der Waals surface area contributed by atoms with Crippen LogP contribution in [0.4, 0.5) is 0 Å². The summed E-state index contributed by atoms with van der Waals surface area (Å²) < 4.78 is 0.477. The number of carbonyl (C=O) groups is 1. The van der Waals surface area contributed by atoms with E-state index in [9.17, 15) is 4.79 Å². The lowest BCUT2D eigenvalue weighted by Crippen LogP contribution is -2.17. The molecule has 1 fully saturated rings. The monoisotopic (exact) mass is 237 g/mol. The van der Waals surface area contributed by atoms with Crippen LogP contribution in [-0.2, 0) is 4.79 Å². The average molecular weight is 237 g/mol. The molecule has 1 amide bonds. The number of benzene rings is 1. The summed E-state index contributed by atoms with van der Waals surface area (Å²) in [5, 5.41) is 11.6. The molecule has 2 N–H and O–H groups in total. The van der Waals surface area contributed by atoms with E-state index >= 15 is 0 Å². The first-order valence-corrected chi connectivity index (χ1v) is 5.41. The van der Waals surface area contributed by atoms with E-state index in [-0.39, 0.29) is 11.7 Å². The van der Waals surface area contributed by atoms with Crippen LogP contribution in [0.2, 0.25) is 0 Å². The molecule has 0 atom stereocenters. The maximum absolute atomic E-state index is 11.3. The van der Waals surface area contributed by atoms with Crippen LogP contribution < -0.4 is 5.32 Å². The number of hydrogen-bond acceptors (Lipinski definition) is 4. The molecule has 5 heteroatoms. The molecular formula is C10H7NO2S2. The van der Waals surface area contributed by atoms with Gasteiger partial charge in [0.25, 0.3) is 5.91 Å². The highest BCUT2D eigenvalue weighted by molar-refractivity contribution is 8.26. The van der Waals surface area contributed by atoms with Gasteiger partial charge < -0.3 is 10.4 Å². The van der Waals surface area contributed by atoms with Crippen molar-refractivity contribution in [1.29, 1.82) is 0 Å². The third kappa shape index (κ3) is 2.37. The highest BCUT2D eigenvalue weighted by atomic mass is 32.2. The molecule has 15 heavy (non-hydrogen) atoms. The molecule has 0 bridgehead atoms. The van der Waals surface area contributed by atoms with Gasteiger partial charge in [0.2, 0.25) is 0 Å². The molecule has 1 aromatic carbocycles. The first-order chi connectivity index (χ1) is 7.15. The molecule has 0 aromatic heterocycles. The molecule has 2 rings (SSSR count). The van der Waals surface area contributed by atoms with E-state index in [2.05, 4.69) is 5.32 Å². The van der Waals surface area contributed by atoms with E-state index in [0.717, 1.165) is 5.56 Å². The first-order valence-electron chi connectivity index (χ1n) is 4.19. The SMILES string of the molecule is O=C1NC(=S)SC1=Cc1ccc(O)cc1. The Labute approximate surface area is 96.2 Å². The summed E-state index contributed by atoms with van der Waals surface area (Å²) in [4.78, 5) is 11.9. The quantitative estimate of drug-likeness (QED) is 0.578. The number of thiocarbonyl (C=S) groups is 1. The van der Waals surface area contributed by atoms with Crippen LogP contribution in [0.5, 0.6) is 5.75 Å². The Kier molecular flexibility index (Phi) is 2.75. The van der Waals surface area contributed by atoms with Crippen molar-refractivity contribution in [2.45, 2.75) is 0 Å². The summed E-state index contributed by atoms with van der Waals surface area (Å²) >= 11 is 6.10. The number of hydrogen-bond donors (Lipinski definition) is 2. The first kappa shape index (κ1) is 10.2. The minimum atomic E-state index is -0.168. The molecule has 0 saturated carbocycles. The fourth-order valence-electron chi connectivity index (χ4n) is 1.14. The number of nitrogens with one attached hydrogen (secondary N) is 1. The predicted molar refractivity (Wildman–Crippen MR) is 64.4 cm³/mol. The lowest BCUT2D eigenvalue weighted by molar-refractivity contribution is -0.115. The predicted octanol–water partition coefficient (Wildman–Crippen LogP) is 1.88. The van der Waals surface area contributed by atoms with Crippen molar-refractivity contribution in [2.75, 3.05) is 0 Å². The van der Waals surface area contributed by atoms with Crippen molar-refractivity contribution in [2.24, 2.45) is 0 Å². The molecule has 0 aliphatic carbocycles. The zero-order chi connectivity index (χ0) is 10.8. The molecule has 1 aliphatic heterocycles. The number of phenols is 1. The van der Waals surface area contributed by atoms with Gasteiger partial charge >= 0.3 is 0 Å². The summed E-state index contributed by atoms with van der Waals surface area (Å²) in [7, 11) is 0. The van der Waals surface area contributed by atoms with Gasteiger partial charge in [-0.15, -0.1) is 0 Å². The van der Waals surface area contributed by atoms with Gasteiger partial charge in [-0.3, -0.25) is 4.79 Å². The number of carbonyl (C=O) groups excluding carboxylic acids is 1. The summed E-state index contributed by atoms with van der Waals surface area (Å²) in [6, 6.07) is 6.61. The zero-order valence-corrected chi connectivity index (χ0v) is 9.19. The zero-order valence-electron chi connectivity index (χ0n) is 7.56. The summed E-state index contributed by atoms with van der Waals surface area (Å²) in [6.07, 6.45) is 1.73. The molecule has 1 aliphatic rings. The Balaban J connectivity index is 2.27. The molecular weight excluding hydrogens is 230 g/mol. The lowest BCUT2D eigenvalue weighted by atomic mass is 10.2. The van der Waals surface area contributed by atoms with Crippen LogP contribution in [-0.4, -0.2) is 15.3 Å². The van der Waals surface area contributed by atoms with Gasteiger partial charge in [0.1, 0.15) is 10.1 Å². The molecule has 1 aromatic rings. The van der Waals surface area contributed by atoms with Crippen LogP contribution in [0.3, 0.4) is 0 Å². The van der Waals surface area contributed by atoms with Gasteiger partial charge in [-0.1, -0.05) is 36.1 Å². The molecule has 1 saturated heterocycles. The van der Waals surface area contributed by atoms with Crippen molar-refractivity contribution in [3.8, 4) is 5.75 Å². The number of phenolic OH excluding ortho intramolecular Hbond substituents is 1. The van der Waals surface area contributed by atoms with E-state index < -0.39 is 0 Å². The second kappa shape index (κ2) is 4.04. The fraction of sp³-hybridized carbons (Fsp3) is 0. The van der Waals surface area contributed by atoms with E-state index in [4.69, 9.17) is 17.3 Å². The number of amides is 1. The van der Waals surface area contributed by atoms with Crippen LogP contribution in [0.15, 0.2) is 29.2 Å². The van der Waals surface area contributed by atoms with Crippen molar-refractivity contribution in [3.05, 3.63) is 34.7 Å². The van der Waals surface area contributed by atoms with E-state index in [1.54, 1.807) is 30.3 Å². The largest absolute Gasteiger partial charge is 0.508 e. The summed E-state index contributed by atoms with van der Waals surface area (Å²) in [5.41, 5.74) is 0.857. The van der Waals surface area contributed by atoms with E-state index in [1.807, 2.05) is 0 Å². The Hall–Kier alpha value is -1.33. The van der Waals surface area contributed by atoms with Gasteiger partial charge in [-0.2, -0.15) is 0 Å². The third-order valence-corrected chi connectivity index (χ3v) is 3.00. The topological polar surface area (TPSA) is 49.3 Å². The highest BCUT2D eigenvalue weighted by Gasteiger charge is 2.21. The molecule has 0 unspecified atom stereocenters. The molecule has 76 valence electrons. The lowest BCUT2D eigenvalue weighted by Gasteiger charge is -1.95. The maximum Gasteiger partial charge on any atom is 0.263 e. The normalized spacial score (nSPS) is 18.3. The average Bonchev–Trinajstić information content (AvgIpc) is 2.49. The minimum absolute atomic E-state index is 0.168. The smallest absolute Gasteiger partial charge is 0.263 e. The Morgan fingerprint density at radius 2 is 2.00 bits per heavy atom. The Morgan fingerprint density at radius 1 is 1.33 bits per heavy atom. The van der Waals surface area contributed by atoms with Crippen molar-refractivity contribution in [3.63, 3.8) is 0 Å². The molecule has 3 nitrogen and oxygen atoms in total. The molecule has 0 radical (unpaired) electrons. The van der Waals surface area contributed by atoms with Gasteiger partial charge in [0.05, 0.1) is 4.91 Å². The van der Waals surface area contributed by atoms with Crippen molar-refractivity contribution in [1.82, 2.24) is 5.32 Å². The summed E-state index contributed by atoms with van der Waals surface area (Å²) in [5.74, 6) is 0.0364. The minimum Gasteiger partial charge on any atom is -0.508 e. The number of aromatic hydroxyl groups is 1. The highest BCUT2D eigenvalue weighted by Crippen LogP contribution is 2.26. The van der Waals surface area contributed by atoms with Crippen LogP contribution in [0.1, 0.15) is 5.56 Å². The van der Waals surface area contributed by atoms with Crippen molar-refractivity contribution >= 4 is 40.3 Å². The Morgan fingerprint density at radius 3 is 2.53 bits per heavy atom. The van der Waals surface area contributed by atoms with Crippen molar-refractivity contribution < 1.29 is 9.90 Å². The fourth-order valence-corrected chi connectivity index (χ4v) is 2.19. The van der Waals surface area contributed by atoms with Gasteiger partial charge in [-0.05, 0) is 23.8 Å². The van der Waals surface area contributed by atoms with Gasteiger partial charge in [0, 0.05) is 0 Å². The van der Waals surface area contributed by atoms with Crippen LogP contribution >= 0.6 is 24.0 Å².